The van der Waals surface area contributed by atoms with Crippen molar-refractivity contribution in [3.05, 3.63) is 85.1 Å². The van der Waals surface area contributed by atoms with Crippen LogP contribution >= 0.6 is 0 Å². The van der Waals surface area contributed by atoms with Gasteiger partial charge in [0.25, 0.3) is 0 Å². The maximum Gasteiger partial charge on any atom is 0.306 e. The zero-order valence-electron chi connectivity index (χ0n) is 46.0. The number of carbonyl (C=O) groups excluding carboxylic acids is 3. The zero-order valence-corrected chi connectivity index (χ0v) is 46.0. The molecule has 0 aliphatic carbocycles. The molecule has 0 spiro atoms. The predicted octanol–water partition coefficient (Wildman–Crippen LogP) is 19.9. The smallest absolute Gasteiger partial charge is 0.306 e. The number of unbranched alkanes of at least 4 members (excludes halogenated alkanes) is 28. The van der Waals surface area contributed by atoms with E-state index in [0.29, 0.717) is 19.3 Å². The largest absolute Gasteiger partial charge is 0.462 e. The number of esters is 3. The summed E-state index contributed by atoms with van der Waals surface area (Å²) >= 11 is 0. The average molecular weight is 976 g/mol. The quantitative estimate of drug-likeness (QED) is 0.0261. The standard InChI is InChI=1S/C64H110O6/c1-4-7-10-13-16-19-22-25-28-30-31-32-33-35-36-39-42-45-48-51-54-57-63(66)69-60-61(59-68-62(65)56-53-50-47-44-41-38-27-24-21-18-15-12-9-6-3)70-64(67)58-55-52-49-46-43-40-37-34-29-26-23-20-17-14-11-8-5-2/h8,11,17,20,22,25-26,29-31,37,40,46,49,61H,4-7,9-10,12-16,18-19,21,23-24,27-28,32-36,38-39,41-45,47-48,50-60H2,1-3H3/b11-8-,20-17-,25-22-,29-26-,31-30-,40-37-,49-46-. The highest BCUT2D eigenvalue weighted by Gasteiger charge is 2.19. The van der Waals surface area contributed by atoms with E-state index >= 15 is 0 Å². The summed E-state index contributed by atoms with van der Waals surface area (Å²) in [5, 5.41) is 0. The van der Waals surface area contributed by atoms with Gasteiger partial charge in [-0.3, -0.25) is 14.4 Å². The van der Waals surface area contributed by atoms with Gasteiger partial charge < -0.3 is 14.2 Å². The van der Waals surface area contributed by atoms with E-state index in [0.717, 1.165) is 83.5 Å². The molecule has 402 valence electrons. The van der Waals surface area contributed by atoms with E-state index in [-0.39, 0.29) is 37.5 Å². The van der Waals surface area contributed by atoms with Crippen LogP contribution in [0.2, 0.25) is 0 Å². The van der Waals surface area contributed by atoms with Crippen molar-refractivity contribution in [2.75, 3.05) is 13.2 Å². The molecular formula is C64H110O6. The van der Waals surface area contributed by atoms with Crippen molar-refractivity contribution in [3.63, 3.8) is 0 Å². The Morgan fingerprint density at radius 2 is 0.571 bits per heavy atom. The second-order valence-corrected chi connectivity index (χ2v) is 19.5. The molecule has 1 atom stereocenters. The van der Waals surface area contributed by atoms with Gasteiger partial charge in [0.15, 0.2) is 6.10 Å². The minimum atomic E-state index is -0.807. The lowest BCUT2D eigenvalue weighted by Gasteiger charge is -2.18. The molecule has 1 unspecified atom stereocenters. The lowest BCUT2D eigenvalue weighted by Crippen LogP contribution is -2.30. The van der Waals surface area contributed by atoms with E-state index in [4.69, 9.17) is 14.2 Å². The van der Waals surface area contributed by atoms with Crippen LogP contribution in [-0.4, -0.2) is 37.2 Å². The van der Waals surface area contributed by atoms with E-state index < -0.39 is 6.10 Å². The van der Waals surface area contributed by atoms with Crippen molar-refractivity contribution in [2.24, 2.45) is 0 Å². The Morgan fingerprint density at radius 1 is 0.300 bits per heavy atom. The molecule has 0 bridgehead atoms. The molecule has 70 heavy (non-hydrogen) atoms. The van der Waals surface area contributed by atoms with Crippen molar-refractivity contribution >= 4 is 17.9 Å². The molecule has 0 saturated carbocycles. The third-order valence-electron chi connectivity index (χ3n) is 12.6. The van der Waals surface area contributed by atoms with Gasteiger partial charge >= 0.3 is 17.9 Å². The lowest BCUT2D eigenvalue weighted by atomic mass is 10.0. The maximum atomic E-state index is 12.8. The first-order valence-electron chi connectivity index (χ1n) is 29.6. The van der Waals surface area contributed by atoms with E-state index in [2.05, 4.69) is 106 Å². The minimum Gasteiger partial charge on any atom is -0.462 e. The molecule has 0 radical (unpaired) electrons. The van der Waals surface area contributed by atoms with Crippen LogP contribution in [0.15, 0.2) is 85.1 Å². The molecule has 0 saturated heterocycles. The van der Waals surface area contributed by atoms with Crippen LogP contribution in [0.4, 0.5) is 0 Å². The lowest BCUT2D eigenvalue weighted by molar-refractivity contribution is -0.167. The van der Waals surface area contributed by atoms with E-state index in [1.807, 2.05) is 0 Å². The average Bonchev–Trinajstić information content (AvgIpc) is 3.36. The summed E-state index contributed by atoms with van der Waals surface area (Å²) in [4.78, 5) is 38.2. The van der Waals surface area contributed by atoms with Crippen molar-refractivity contribution in [1.29, 1.82) is 0 Å². The fourth-order valence-electron chi connectivity index (χ4n) is 8.22. The Hall–Kier alpha value is -3.41. The summed E-state index contributed by atoms with van der Waals surface area (Å²) in [5.74, 6) is -0.953. The molecule has 6 nitrogen and oxygen atoms in total. The monoisotopic (exact) mass is 975 g/mol. The third kappa shape index (κ3) is 55.5. The predicted molar refractivity (Wildman–Crippen MR) is 302 cm³/mol. The van der Waals surface area contributed by atoms with E-state index in [1.54, 1.807) is 0 Å². The molecule has 0 aliphatic heterocycles. The van der Waals surface area contributed by atoms with Crippen LogP contribution in [0.5, 0.6) is 0 Å². The summed E-state index contributed by atoms with van der Waals surface area (Å²) in [7, 11) is 0. The number of carbonyl (C=O) groups is 3. The Labute approximate surface area is 433 Å². The van der Waals surface area contributed by atoms with Gasteiger partial charge in [0, 0.05) is 19.3 Å². The first-order valence-corrected chi connectivity index (χ1v) is 29.6. The van der Waals surface area contributed by atoms with Crippen molar-refractivity contribution in [2.45, 2.75) is 290 Å². The van der Waals surface area contributed by atoms with Crippen LogP contribution in [0, 0.1) is 0 Å². The van der Waals surface area contributed by atoms with Gasteiger partial charge in [-0.05, 0) is 89.9 Å². The fourth-order valence-corrected chi connectivity index (χ4v) is 8.22. The van der Waals surface area contributed by atoms with E-state index in [1.165, 1.54) is 154 Å². The van der Waals surface area contributed by atoms with Crippen LogP contribution in [0.1, 0.15) is 284 Å². The number of rotatable bonds is 53. The van der Waals surface area contributed by atoms with Gasteiger partial charge in [0.2, 0.25) is 0 Å². The first-order chi connectivity index (χ1) is 34.5. The molecule has 6 heteroatoms. The van der Waals surface area contributed by atoms with Crippen molar-refractivity contribution in [1.82, 2.24) is 0 Å². The Kier molecular flexibility index (Phi) is 55.3. The zero-order chi connectivity index (χ0) is 50.7. The van der Waals surface area contributed by atoms with Gasteiger partial charge in [0.05, 0.1) is 0 Å². The Bertz CT molecular complexity index is 1350. The van der Waals surface area contributed by atoms with Crippen LogP contribution in [0.25, 0.3) is 0 Å². The summed E-state index contributed by atoms with van der Waals surface area (Å²) < 4.78 is 16.8. The van der Waals surface area contributed by atoms with Crippen LogP contribution in [0.3, 0.4) is 0 Å². The van der Waals surface area contributed by atoms with Crippen molar-refractivity contribution in [3.8, 4) is 0 Å². The Balaban J connectivity index is 4.43. The molecule has 0 aromatic carbocycles. The molecule has 0 fully saturated rings. The molecule has 0 N–H and O–H groups in total. The fraction of sp³-hybridized carbons (Fsp3) is 0.734. The van der Waals surface area contributed by atoms with Crippen molar-refractivity contribution < 1.29 is 28.6 Å². The molecule has 0 heterocycles. The Morgan fingerprint density at radius 3 is 0.914 bits per heavy atom. The maximum absolute atomic E-state index is 12.8. The third-order valence-corrected chi connectivity index (χ3v) is 12.6. The highest BCUT2D eigenvalue weighted by atomic mass is 16.6. The van der Waals surface area contributed by atoms with Gasteiger partial charge in [-0.15, -0.1) is 0 Å². The second-order valence-electron chi connectivity index (χ2n) is 19.5. The summed E-state index contributed by atoms with van der Waals surface area (Å²) in [6, 6.07) is 0. The topological polar surface area (TPSA) is 78.9 Å². The molecule has 0 aromatic heterocycles. The highest BCUT2D eigenvalue weighted by Crippen LogP contribution is 2.16. The minimum absolute atomic E-state index is 0.0983. The first kappa shape index (κ1) is 66.6. The molecule has 0 aliphatic rings. The van der Waals surface area contributed by atoms with Gasteiger partial charge in [0.1, 0.15) is 13.2 Å². The SMILES string of the molecule is CC/C=C\C/C=C\C/C=C\C/C=C\C/C=C\CCCC(=O)OC(COC(=O)CCCCCCCCCCC/C=C\C/C=C\CCCCCCC)COC(=O)CCCCCCCCCCCCCCCC. The van der Waals surface area contributed by atoms with Gasteiger partial charge in [-0.25, -0.2) is 0 Å². The van der Waals surface area contributed by atoms with E-state index in [9.17, 15) is 14.4 Å². The number of hydrogen-bond donors (Lipinski definition) is 0. The number of ether oxygens (including phenoxy) is 3. The highest BCUT2D eigenvalue weighted by molar-refractivity contribution is 5.71. The van der Waals surface area contributed by atoms with Gasteiger partial charge in [-0.2, -0.15) is 0 Å². The summed E-state index contributed by atoms with van der Waals surface area (Å²) in [5.41, 5.74) is 0. The summed E-state index contributed by atoms with van der Waals surface area (Å²) in [6.45, 7) is 6.49. The molecule has 0 amide bonds. The van der Waals surface area contributed by atoms with Crippen LogP contribution in [-0.2, 0) is 28.6 Å². The second kappa shape index (κ2) is 58.2. The van der Waals surface area contributed by atoms with Gasteiger partial charge in [-0.1, -0.05) is 260 Å². The van der Waals surface area contributed by atoms with Crippen LogP contribution < -0.4 is 0 Å². The molecular weight excluding hydrogens is 865 g/mol. The molecule has 0 rings (SSSR count). The molecule has 0 aromatic rings. The summed E-state index contributed by atoms with van der Waals surface area (Å²) in [6.07, 6.45) is 75.8. The number of hydrogen-bond acceptors (Lipinski definition) is 6. The number of allylic oxidation sites excluding steroid dienone is 14. The normalized spacial score (nSPS) is 12.7.